The number of methoxy groups -OCH3 is 3. The van der Waals surface area contributed by atoms with Crippen molar-refractivity contribution in [2.75, 3.05) is 27.9 Å². The van der Waals surface area contributed by atoms with E-state index in [0.717, 1.165) is 18.4 Å². The number of hydrogen-bond donors (Lipinski definition) is 1. The van der Waals surface area contributed by atoms with Gasteiger partial charge in [-0.05, 0) is 30.5 Å². The molecule has 20 heavy (non-hydrogen) atoms. The molecule has 1 aliphatic rings. The highest BCUT2D eigenvalue weighted by atomic mass is 16.6. The van der Waals surface area contributed by atoms with Crippen LogP contribution in [0.3, 0.4) is 0 Å². The highest BCUT2D eigenvalue weighted by molar-refractivity contribution is 5.69. The van der Waals surface area contributed by atoms with E-state index in [2.05, 4.69) is 5.32 Å². The minimum absolute atomic E-state index is 0.0570. The van der Waals surface area contributed by atoms with E-state index < -0.39 is 0 Å². The number of hydrogen-bond acceptors (Lipinski definition) is 5. The van der Waals surface area contributed by atoms with Crippen molar-refractivity contribution in [2.45, 2.75) is 18.9 Å². The zero-order valence-corrected chi connectivity index (χ0v) is 11.9. The van der Waals surface area contributed by atoms with Crippen molar-refractivity contribution in [3.05, 3.63) is 17.7 Å². The van der Waals surface area contributed by atoms with Crippen LogP contribution in [0.1, 0.15) is 12.0 Å². The maximum absolute atomic E-state index is 11.0. The lowest BCUT2D eigenvalue weighted by atomic mass is 10.0. The summed E-state index contributed by atoms with van der Waals surface area (Å²) in [5, 5.41) is 2.76. The molecular formula is C14H19NO5. The summed E-state index contributed by atoms with van der Waals surface area (Å²) < 4.78 is 20.8. The van der Waals surface area contributed by atoms with Gasteiger partial charge in [0.25, 0.3) is 0 Å². The van der Waals surface area contributed by atoms with Crippen molar-refractivity contribution in [1.29, 1.82) is 0 Å². The Morgan fingerprint density at radius 3 is 2.30 bits per heavy atom. The lowest BCUT2D eigenvalue weighted by molar-refractivity contribution is 0.176. The first kappa shape index (κ1) is 14.3. The molecule has 1 aromatic rings. The van der Waals surface area contributed by atoms with Gasteiger partial charge in [-0.15, -0.1) is 0 Å². The van der Waals surface area contributed by atoms with Crippen LogP contribution in [0.15, 0.2) is 12.1 Å². The fourth-order valence-corrected chi connectivity index (χ4v) is 2.20. The Balaban J connectivity index is 2.09. The number of rotatable bonds is 6. The van der Waals surface area contributed by atoms with Crippen molar-refractivity contribution < 1.29 is 23.7 Å². The molecule has 110 valence electrons. The minimum atomic E-state index is -0.347. The molecule has 1 aromatic carbocycles. The number of alkyl carbamates (subject to hydrolysis) is 1. The van der Waals surface area contributed by atoms with Gasteiger partial charge in [0.2, 0.25) is 5.75 Å². The van der Waals surface area contributed by atoms with Crippen LogP contribution >= 0.6 is 0 Å². The second-order valence-corrected chi connectivity index (χ2v) is 4.51. The first-order chi connectivity index (χ1) is 9.67. The van der Waals surface area contributed by atoms with Crippen molar-refractivity contribution in [2.24, 2.45) is 0 Å². The first-order valence-corrected chi connectivity index (χ1v) is 6.40. The minimum Gasteiger partial charge on any atom is -0.493 e. The number of carbonyl (C=O) groups is 1. The van der Waals surface area contributed by atoms with Crippen LogP contribution in [-0.2, 0) is 11.2 Å². The quantitative estimate of drug-likeness (QED) is 0.860. The van der Waals surface area contributed by atoms with Gasteiger partial charge in [0, 0.05) is 0 Å². The molecule has 0 unspecified atom stereocenters. The molecular weight excluding hydrogens is 262 g/mol. The lowest BCUT2D eigenvalue weighted by Crippen LogP contribution is -2.26. The monoisotopic (exact) mass is 281 g/mol. The number of aryl methyl sites for hydroxylation is 1. The van der Waals surface area contributed by atoms with E-state index in [1.54, 1.807) is 21.3 Å². The second kappa shape index (κ2) is 6.36. The van der Waals surface area contributed by atoms with Crippen LogP contribution in [-0.4, -0.2) is 40.1 Å². The van der Waals surface area contributed by atoms with E-state index in [-0.39, 0.29) is 12.1 Å². The molecule has 1 amide bonds. The summed E-state index contributed by atoms with van der Waals surface area (Å²) >= 11 is 0. The smallest absolute Gasteiger partial charge is 0.407 e. The number of nitrogens with one attached hydrogen (secondary N) is 1. The Morgan fingerprint density at radius 1 is 1.20 bits per heavy atom. The Hall–Kier alpha value is -2.11. The fourth-order valence-electron chi connectivity index (χ4n) is 2.20. The van der Waals surface area contributed by atoms with E-state index in [1.807, 2.05) is 12.1 Å². The maximum Gasteiger partial charge on any atom is 0.407 e. The van der Waals surface area contributed by atoms with Gasteiger partial charge in [-0.3, -0.25) is 0 Å². The molecule has 1 atom stereocenters. The molecule has 0 spiro atoms. The normalized spacial score (nSPS) is 17.4. The van der Waals surface area contributed by atoms with Crippen LogP contribution < -0.4 is 19.5 Å². The first-order valence-electron chi connectivity index (χ1n) is 6.40. The summed E-state index contributed by atoms with van der Waals surface area (Å²) in [6.07, 6.45) is 1.23. The second-order valence-electron chi connectivity index (χ2n) is 4.51. The topological polar surface area (TPSA) is 66.0 Å². The Labute approximate surface area is 118 Å². The number of amides is 1. The third-order valence-corrected chi connectivity index (χ3v) is 3.24. The summed E-state index contributed by atoms with van der Waals surface area (Å²) in [5.74, 6) is 1.85. The van der Waals surface area contributed by atoms with Crippen LogP contribution in [0.4, 0.5) is 4.79 Å². The van der Waals surface area contributed by atoms with E-state index in [1.165, 1.54) is 0 Å². The van der Waals surface area contributed by atoms with Crippen molar-refractivity contribution in [3.63, 3.8) is 0 Å². The van der Waals surface area contributed by atoms with Crippen LogP contribution in [0.5, 0.6) is 17.2 Å². The molecule has 0 aliphatic carbocycles. The molecule has 0 aromatic heterocycles. The summed E-state index contributed by atoms with van der Waals surface area (Å²) in [5.41, 5.74) is 1.06. The largest absolute Gasteiger partial charge is 0.493 e. The molecule has 1 fully saturated rings. The van der Waals surface area contributed by atoms with Gasteiger partial charge >= 0.3 is 6.09 Å². The molecule has 1 saturated heterocycles. The highest BCUT2D eigenvalue weighted by Gasteiger charge is 2.22. The molecule has 2 rings (SSSR count). The van der Waals surface area contributed by atoms with Crippen LogP contribution in [0.2, 0.25) is 0 Å². The molecule has 6 nitrogen and oxygen atoms in total. The predicted molar refractivity (Wildman–Crippen MR) is 72.7 cm³/mol. The standard InChI is InChI=1S/C14H19NO5/c1-17-11-6-9(7-12(18-2)13(11)19-3)4-5-10-8-20-14(16)15-10/h6-7,10H,4-5,8H2,1-3H3,(H,15,16)/t10-/m0/s1. The third kappa shape index (κ3) is 3.07. The van der Waals surface area contributed by atoms with E-state index >= 15 is 0 Å². The van der Waals surface area contributed by atoms with E-state index in [4.69, 9.17) is 18.9 Å². The molecule has 1 N–H and O–H groups in total. The average molecular weight is 281 g/mol. The zero-order valence-electron chi connectivity index (χ0n) is 11.9. The predicted octanol–water partition coefficient (Wildman–Crippen LogP) is 1.75. The summed E-state index contributed by atoms with van der Waals surface area (Å²) in [6.45, 7) is 0.420. The van der Waals surface area contributed by atoms with Crippen molar-refractivity contribution in [1.82, 2.24) is 5.32 Å². The summed E-state index contributed by atoms with van der Waals surface area (Å²) in [6, 6.07) is 3.89. The molecule has 1 aliphatic heterocycles. The lowest BCUT2D eigenvalue weighted by Gasteiger charge is -2.14. The number of cyclic esters (lactones) is 1. The molecule has 1 heterocycles. The molecule has 0 saturated carbocycles. The molecule has 0 bridgehead atoms. The SMILES string of the molecule is COc1cc(CC[C@H]2COC(=O)N2)cc(OC)c1OC. The Bertz CT molecular complexity index is 463. The third-order valence-electron chi connectivity index (χ3n) is 3.24. The van der Waals surface area contributed by atoms with Crippen LogP contribution in [0.25, 0.3) is 0 Å². The molecule has 6 heteroatoms. The van der Waals surface area contributed by atoms with Gasteiger partial charge in [-0.2, -0.15) is 0 Å². The zero-order chi connectivity index (χ0) is 14.5. The van der Waals surface area contributed by atoms with Crippen LogP contribution in [0, 0.1) is 0 Å². The summed E-state index contributed by atoms with van der Waals surface area (Å²) in [4.78, 5) is 11.0. The molecule has 0 radical (unpaired) electrons. The van der Waals surface area contributed by atoms with Crippen molar-refractivity contribution in [3.8, 4) is 17.2 Å². The number of ether oxygens (including phenoxy) is 4. The highest BCUT2D eigenvalue weighted by Crippen LogP contribution is 2.38. The van der Waals surface area contributed by atoms with E-state index in [9.17, 15) is 4.79 Å². The number of benzene rings is 1. The van der Waals surface area contributed by atoms with Gasteiger partial charge in [0.1, 0.15) is 6.61 Å². The summed E-state index contributed by atoms with van der Waals surface area (Å²) in [7, 11) is 4.75. The van der Waals surface area contributed by atoms with Crippen molar-refractivity contribution >= 4 is 6.09 Å². The Morgan fingerprint density at radius 2 is 1.85 bits per heavy atom. The van der Waals surface area contributed by atoms with Gasteiger partial charge in [-0.25, -0.2) is 4.79 Å². The van der Waals surface area contributed by atoms with Gasteiger partial charge in [0.05, 0.1) is 27.4 Å². The average Bonchev–Trinajstić information content (AvgIpc) is 2.89. The van der Waals surface area contributed by atoms with Gasteiger partial charge < -0.3 is 24.3 Å². The van der Waals surface area contributed by atoms with Gasteiger partial charge in [0.15, 0.2) is 11.5 Å². The van der Waals surface area contributed by atoms with E-state index in [0.29, 0.717) is 23.9 Å². The Kier molecular flexibility index (Phi) is 4.55. The maximum atomic E-state index is 11.0. The van der Waals surface area contributed by atoms with Gasteiger partial charge in [-0.1, -0.05) is 0 Å². The number of carbonyl (C=O) groups excluding carboxylic acids is 1. The fraction of sp³-hybridized carbons (Fsp3) is 0.500.